The number of carbonyl (C=O) groups excluding carboxylic acids is 2. The molecular weight excluding hydrogens is 364 g/mol. The summed E-state index contributed by atoms with van der Waals surface area (Å²) in [6, 6.07) is 22.5. The lowest BCUT2D eigenvalue weighted by Crippen LogP contribution is -2.23. The molecule has 0 bridgehead atoms. The van der Waals surface area contributed by atoms with Gasteiger partial charge < -0.3 is 14.6 Å². The van der Waals surface area contributed by atoms with E-state index in [0.717, 1.165) is 27.8 Å². The van der Waals surface area contributed by atoms with E-state index in [4.69, 9.17) is 4.42 Å². The molecule has 5 nitrogen and oxygen atoms in total. The zero-order valence-corrected chi connectivity index (χ0v) is 15.8. The van der Waals surface area contributed by atoms with Gasteiger partial charge in [-0.1, -0.05) is 36.4 Å². The zero-order chi connectivity index (χ0) is 20.0. The van der Waals surface area contributed by atoms with E-state index in [9.17, 15) is 9.59 Å². The average Bonchev–Trinajstić information content (AvgIpc) is 3.31. The van der Waals surface area contributed by atoms with Crippen molar-refractivity contribution in [2.24, 2.45) is 0 Å². The summed E-state index contributed by atoms with van der Waals surface area (Å²) < 4.78 is 5.63. The van der Waals surface area contributed by atoms with Gasteiger partial charge in [0.1, 0.15) is 5.58 Å². The number of amides is 2. The molecule has 1 aliphatic rings. The van der Waals surface area contributed by atoms with E-state index in [-0.39, 0.29) is 17.6 Å². The van der Waals surface area contributed by atoms with Gasteiger partial charge in [0.25, 0.3) is 11.8 Å². The molecule has 1 aliphatic heterocycles. The number of nitrogens with one attached hydrogen (secondary N) is 1. The van der Waals surface area contributed by atoms with Crippen molar-refractivity contribution in [2.75, 3.05) is 10.2 Å². The number of benzene rings is 3. The number of hydrogen-bond donors (Lipinski definition) is 1. The van der Waals surface area contributed by atoms with Crippen LogP contribution in [0.5, 0.6) is 0 Å². The Morgan fingerprint density at radius 1 is 1.00 bits per heavy atom. The SMILES string of the molecule is Cc1cc(N2Cc3ccccc3C2=O)ccc1NC(=O)c1cc2ccccc2o1. The minimum Gasteiger partial charge on any atom is -0.451 e. The lowest BCUT2D eigenvalue weighted by atomic mass is 10.1. The Bertz CT molecular complexity index is 1240. The van der Waals surface area contributed by atoms with Gasteiger partial charge in [-0.2, -0.15) is 0 Å². The van der Waals surface area contributed by atoms with Crippen LogP contribution in [0.2, 0.25) is 0 Å². The minimum absolute atomic E-state index is 0.000869. The number of furan rings is 1. The molecule has 0 radical (unpaired) electrons. The molecule has 5 heteroatoms. The summed E-state index contributed by atoms with van der Waals surface area (Å²) in [4.78, 5) is 27.0. The molecule has 0 fully saturated rings. The van der Waals surface area contributed by atoms with Crippen LogP contribution in [0.1, 0.15) is 32.0 Å². The third-order valence-electron chi connectivity index (χ3n) is 5.24. The number of aryl methyl sites for hydroxylation is 1. The molecule has 0 saturated heterocycles. The van der Waals surface area contributed by atoms with Crippen LogP contribution in [0.4, 0.5) is 11.4 Å². The molecule has 0 atom stereocenters. The second-order valence-electron chi connectivity index (χ2n) is 7.15. The summed E-state index contributed by atoms with van der Waals surface area (Å²) in [5.74, 6) is -0.0411. The summed E-state index contributed by atoms with van der Waals surface area (Å²) in [5.41, 5.74) is 4.81. The van der Waals surface area contributed by atoms with Gasteiger partial charge >= 0.3 is 0 Å². The van der Waals surface area contributed by atoms with Crippen LogP contribution >= 0.6 is 0 Å². The number of carbonyl (C=O) groups is 2. The number of anilines is 2. The van der Waals surface area contributed by atoms with Gasteiger partial charge in [0, 0.05) is 22.3 Å². The van der Waals surface area contributed by atoms with E-state index in [0.29, 0.717) is 17.8 Å². The standard InChI is InChI=1S/C24H18N2O3/c1-15-12-18(26-14-17-7-2-4-8-19(17)24(26)28)10-11-20(15)25-23(27)22-13-16-6-3-5-9-21(16)29-22/h2-13H,14H2,1H3,(H,25,27). The van der Waals surface area contributed by atoms with E-state index < -0.39 is 0 Å². The predicted octanol–water partition coefficient (Wildman–Crippen LogP) is 5.15. The highest BCUT2D eigenvalue weighted by Crippen LogP contribution is 2.31. The van der Waals surface area contributed by atoms with Gasteiger partial charge in [-0.25, -0.2) is 0 Å². The second-order valence-corrected chi connectivity index (χ2v) is 7.15. The second kappa shape index (κ2) is 6.63. The van der Waals surface area contributed by atoms with Crippen LogP contribution in [0, 0.1) is 6.92 Å². The largest absolute Gasteiger partial charge is 0.451 e. The lowest BCUT2D eigenvalue weighted by Gasteiger charge is -2.18. The number of rotatable bonds is 3. The highest BCUT2D eigenvalue weighted by molar-refractivity contribution is 6.10. The van der Waals surface area contributed by atoms with E-state index in [1.54, 1.807) is 11.0 Å². The van der Waals surface area contributed by atoms with Crippen molar-refractivity contribution in [2.45, 2.75) is 13.5 Å². The summed E-state index contributed by atoms with van der Waals surface area (Å²) in [5, 5.41) is 3.78. The van der Waals surface area contributed by atoms with Crippen LogP contribution in [0.3, 0.4) is 0 Å². The van der Waals surface area contributed by atoms with Crippen LogP contribution in [0.25, 0.3) is 11.0 Å². The first-order valence-electron chi connectivity index (χ1n) is 9.40. The maximum Gasteiger partial charge on any atom is 0.291 e. The highest BCUT2D eigenvalue weighted by atomic mass is 16.3. The number of hydrogen-bond acceptors (Lipinski definition) is 3. The summed E-state index contributed by atoms with van der Waals surface area (Å²) >= 11 is 0. The van der Waals surface area contributed by atoms with Crippen molar-refractivity contribution >= 4 is 34.2 Å². The Morgan fingerprint density at radius 2 is 1.79 bits per heavy atom. The molecule has 0 aliphatic carbocycles. The summed E-state index contributed by atoms with van der Waals surface area (Å²) in [6.45, 7) is 2.46. The van der Waals surface area contributed by atoms with Crippen LogP contribution in [-0.4, -0.2) is 11.8 Å². The fourth-order valence-corrected chi connectivity index (χ4v) is 3.70. The van der Waals surface area contributed by atoms with Gasteiger partial charge in [-0.05, 0) is 54.4 Å². The molecule has 1 N–H and O–H groups in total. The van der Waals surface area contributed by atoms with Crippen LogP contribution in [0.15, 0.2) is 77.2 Å². The Balaban J connectivity index is 1.37. The fraction of sp³-hybridized carbons (Fsp3) is 0.0833. The number of fused-ring (bicyclic) bond motifs is 2. The van der Waals surface area contributed by atoms with Gasteiger partial charge in [-0.3, -0.25) is 9.59 Å². The molecule has 0 spiro atoms. The normalized spacial score (nSPS) is 13.0. The van der Waals surface area contributed by atoms with Gasteiger partial charge in [0.15, 0.2) is 5.76 Å². The number of nitrogens with zero attached hydrogens (tertiary/aromatic N) is 1. The molecule has 29 heavy (non-hydrogen) atoms. The average molecular weight is 382 g/mol. The smallest absolute Gasteiger partial charge is 0.291 e. The molecule has 5 rings (SSSR count). The van der Waals surface area contributed by atoms with Crippen molar-refractivity contribution in [3.63, 3.8) is 0 Å². The Kier molecular flexibility index (Phi) is 3.95. The quantitative estimate of drug-likeness (QED) is 0.533. The van der Waals surface area contributed by atoms with Crippen LogP contribution in [-0.2, 0) is 6.54 Å². The maximum absolute atomic E-state index is 12.7. The van der Waals surface area contributed by atoms with Crippen molar-refractivity contribution in [1.29, 1.82) is 0 Å². The Hall–Kier alpha value is -3.86. The van der Waals surface area contributed by atoms with Crippen molar-refractivity contribution in [1.82, 2.24) is 0 Å². The molecule has 2 amide bonds. The van der Waals surface area contributed by atoms with Crippen LogP contribution < -0.4 is 10.2 Å². The first-order chi connectivity index (χ1) is 14.1. The third-order valence-corrected chi connectivity index (χ3v) is 5.24. The van der Waals surface area contributed by atoms with Crippen molar-refractivity contribution < 1.29 is 14.0 Å². The molecule has 142 valence electrons. The minimum atomic E-state index is -0.304. The van der Waals surface area contributed by atoms with Crippen molar-refractivity contribution in [3.8, 4) is 0 Å². The lowest BCUT2D eigenvalue weighted by molar-refractivity contribution is 0.0989. The first kappa shape index (κ1) is 17.3. The molecule has 3 aromatic carbocycles. The monoisotopic (exact) mass is 382 g/mol. The Labute approximate surface area is 167 Å². The molecule has 4 aromatic rings. The van der Waals surface area contributed by atoms with E-state index in [1.807, 2.05) is 73.7 Å². The molecule has 2 heterocycles. The zero-order valence-electron chi connectivity index (χ0n) is 15.8. The highest BCUT2D eigenvalue weighted by Gasteiger charge is 2.28. The van der Waals surface area contributed by atoms with E-state index in [2.05, 4.69) is 5.32 Å². The maximum atomic E-state index is 12.7. The van der Waals surface area contributed by atoms with Gasteiger partial charge in [0.2, 0.25) is 0 Å². The van der Waals surface area contributed by atoms with E-state index >= 15 is 0 Å². The molecular formula is C24H18N2O3. The molecule has 1 aromatic heterocycles. The van der Waals surface area contributed by atoms with E-state index in [1.165, 1.54) is 0 Å². The summed E-state index contributed by atoms with van der Waals surface area (Å²) in [6.07, 6.45) is 0. The number of para-hydroxylation sites is 1. The topological polar surface area (TPSA) is 62.6 Å². The summed E-state index contributed by atoms with van der Waals surface area (Å²) in [7, 11) is 0. The predicted molar refractivity (Wildman–Crippen MR) is 112 cm³/mol. The fourth-order valence-electron chi connectivity index (χ4n) is 3.70. The van der Waals surface area contributed by atoms with Gasteiger partial charge in [0.05, 0.1) is 6.54 Å². The first-order valence-corrected chi connectivity index (χ1v) is 9.40. The Morgan fingerprint density at radius 3 is 2.59 bits per heavy atom. The van der Waals surface area contributed by atoms with Crippen molar-refractivity contribution in [3.05, 3.63) is 95.2 Å². The molecule has 0 saturated carbocycles. The van der Waals surface area contributed by atoms with Gasteiger partial charge in [-0.15, -0.1) is 0 Å². The molecule has 0 unspecified atom stereocenters. The third kappa shape index (κ3) is 2.97.